The molecule has 20 heavy (non-hydrogen) atoms. The maximum atomic E-state index is 5.31. The number of hydrogen-bond acceptors (Lipinski definition) is 4. The third kappa shape index (κ3) is 1.76. The van der Waals surface area contributed by atoms with Gasteiger partial charge in [-0.1, -0.05) is 23.4 Å². The summed E-state index contributed by atoms with van der Waals surface area (Å²) in [6.45, 7) is 0. The first kappa shape index (κ1) is 10.9. The molecule has 0 saturated heterocycles. The number of hydrogen-bond donors (Lipinski definition) is 1. The summed E-state index contributed by atoms with van der Waals surface area (Å²) >= 11 is 0. The van der Waals surface area contributed by atoms with Crippen molar-refractivity contribution in [2.24, 2.45) is 0 Å². The van der Waals surface area contributed by atoms with Crippen LogP contribution < -0.4 is 0 Å². The van der Waals surface area contributed by atoms with Crippen molar-refractivity contribution in [3.8, 4) is 22.8 Å². The molecule has 2 heterocycles. The van der Waals surface area contributed by atoms with E-state index in [2.05, 4.69) is 20.1 Å². The SMILES string of the molecule is c1ccc(-c2nc(-c3ccc4nc[nH]c4c3)no2)cc1. The van der Waals surface area contributed by atoms with E-state index in [4.69, 9.17) is 4.52 Å². The Morgan fingerprint density at radius 1 is 0.950 bits per heavy atom. The van der Waals surface area contributed by atoms with Crippen molar-refractivity contribution < 1.29 is 4.52 Å². The van der Waals surface area contributed by atoms with E-state index < -0.39 is 0 Å². The summed E-state index contributed by atoms with van der Waals surface area (Å²) in [7, 11) is 0. The lowest BCUT2D eigenvalue weighted by Gasteiger charge is -1.94. The third-order valence-electron chi connectivity index (χ3n) is 3.13. The minimum absolute atomic E-state index is 0.519. The molecule has 0 radical (unpaired) electrons. The first-order chi connectivity index (χ1) is 9.90. The molecule has 0 amide bonds. The molecule has 4 rings (SSSR count). The third-order valence-corrected chi connectivity index (χ3v) is 3.13. The van der Waals surface area contributed by atoms with Crippen molar-refractivity contribution in [3.63, 3.8) is 0 Å². The molecule has 0 bridgehead atoms. The van der Waals surface area contributed by atoms with Crippen molar-refractivity contribution in [2.75, 3.05) is 0 Å². The highest BCUT2D eigenvalue weighted by atomic mass is 16.5. The van der Waals surface area contributed by atoms with Gasteiger partial charge in [-0.25, -0.2) is 4.98 Å². The zero-order valence-electron chi connectivity index (χ0n) is 10.4. The minimum atomic E-state index is 0.519. The topological polar surface area (TPSA) is 67.6 Å². The van der Waals surface area contributed by atoms with E-state index in [0.29, 0.717) is 11.7 Å². The molecule has 0 aliphatic heterocycles. The summed E-state index contributed by atoms with van der Waals surface area (Å²) < 4.78 is 5.31. The Hall–Kier alpha value is -2.95. The number of H-pyrrole nitrogens is 1. The molecule has 5 nitrogen and oxygen atoms in total. The fourth-order valence-electron chi connectivity index (χ4n) is 2.11. The van der Waals surface area contributed by atoms with Crippen LogP contribution in [0.2, 0.25) is 0 Å². The molecule has 0 atom stereocenters. The number of benzene rings is 2. The van der Waals surface area contributed by atoms with E-state index in [1.807, 2.05) is 48.5 Å². The Bertz CT molecular complexity index is 864. The van der Waals surface area contributed by atoms with E-state index in [0.717, 1.165) is 22.2 Å². The molecule has 0 aliphatic rings. The van der Waals surface area contributed by atoms with Gasteiger partial charge < -0.3 is 9.51 Å². The molecular formula is C15H10N4O. The molecule has 2 aromatic carbocycles. The summed E-state index contributed by atoms with van der Waals surface area (Å²) in [6.07, 6.45) is 1.67. The fraction of sp³-hybridized carbons (Fsp3) is 0. The smallest absolute Gasteiger partial charge is 0.258 e. The normalized spacial score (nSPS) is 11.0. The van der Waals surface area contributed by atoms with Gasteiger partial charge in [0.2, 0.25) is 5.82 Å². The van der Waals surface area contributed by atoms with E-state index in [1.165, 1.54) is 0 Å². The molecule has 0 spiro atoms. The summed E-state index contributed by atoms with van der Waals surface area (Å²) in [5, 5.41) is 4.03. The van der Waals surface area contributed by atoms with Crippen molar-refractivity contribution in [1.29, 1.82) is 0 Å². The van der Waals surface area contributed by atoms with Crippen LogP contribution in [0.3, 0.4) is 0 Å². The van der Waals surface area contributed by atoms with Crippen LogP contribution >= 0.6 is 0 Å². The van der Waals surface area contributed by atoms with Crippen LogP contribution in [-0.4, -0.2) is 20.1 Å². The number of nitrogens with zero attached hydrogens (tertiary/aromatic N) is 3. The standard InChI is InChI=1S/C15H10N4O/c1-2-4-10(5-3-1)15-18-14(19-20-15)11-6-7-12-13(8-11)17-9-16-12/h1-9H,(H,16,17). The van der Waals surface area contributed by atoms with Crippen molar-refractivity contribution in [1.82, 2.24) is 20.1 Å². The lowest BCUT2D eigenvalue weighted by molar-refractivity contribution is 0.432. The van der Waals surface area contributed by atoms with Gasteiger partial charge in [-0.2, -0.15) is 4.98 Å². The van der Waals surface area contributed by atoms with Crippen LogP contribution in [0.25, 0.3) is 33.9 Å². The molecule has 2 aromatic heterocycles. The Balaban J connectivity index is 1.77. The first-order valence-electron chi connectivity index (χ1n) is 6.23. The summed E-state index contributed by atoms with van der Waals surface area (Å²) in [5.74, 6) is 1.09. The molecule has 0 aliphatic carbocycles. The Labute approximate surface area is 114 Å². The Morgan fingerprint density at radius 2 is 1.85 bits per heavy atom. The molecule has 4 aromatic rings. The largest absolute Gasteiger partial charge is 0.345 e. The number of aromatic amines is 1. The fourth-order valence-corrected chi connectivity index (χ4v) is 2.11. The zero-order chi connectivity index (χ0) is 13.4. The van der Waals surface area contributed by atoms with Crippen LogP contribution in [0.4, 0.5) is 0 Å². The summed E-state index contributed by atoms with van der Waals surface area (Å²) in [4.78, 5) is 11.7. The maximum Gasteiger partial charge on any atom is 0.258 e. The highest BCUT2D eigenvalue weighted by Gasteiger charge is 2.10. The lowest BCUT2D eigenvalue weighted by atomic mass is 10.2. The van der Waals surface area contributed by atoms with Gasteiger partial charge in [-0.3, -0.25) is 0 Å². The number of fused-ring (bicyclic) bond motifs is 1. The average Bonchev–Trinajstić information content (AvgIpc) is 3.16. The first-order valence-corrected chi connectivity index (χ1v) is 6.23. The predicted molar refractivity (Wildman–Crippen MR) is 74.8 cm³/mol. The van der Waals surface area contributed by atoms with Gasteiger partial charge >= 0.3 is 0 Å². The van der Waals surface area contributed by atoms with Gasteiger partial charge in [0.25, 0.3) is 5.89 Å². The lowest BCUT2D eigenvalue weighted by Crippen LogP contribution is -1.81. The van der Waals surface area contributed by atoms with Crippen LogP contribution in [0.15, 0.2) is 59.4 Å². The van der Waals surface area contributed by atoms with Gasteiger partial charge in [0.15, 0.2) is 0 Å². The number of imidazole rings is 1. The quantitative estimate of drug-likeness (QED) is 0.602. The molecule has 0 unspecified atom stereocenters. The summed E-state index contributed by atoms with van der Waals surface area (Å²) in [5.41, 5.74) is 3.68. The second-order valence-corrected chi connectivity index (χ2v) is 4.42. The van der Waals surface area contributed by atoms with Gasteiger partial charge in [-0.05, 0) is 30.3 Å². The Kier molecular flexibility index (Phi) is 2.35. The average molecular weight is 262 g/mol. The monoisotopic (exact) mass is 262 g/mol. The van der Waals surface area contributed by atoms with E-state index in [1.54, 1.807) is 6.33 Å². The molecule has 0 saturated carbocycles. The van der Waals surface area contributed by atoms with Gasteiger partial charge in [0.1, 0.15) is 0 Å². The molecular weight excluding hydrogens is 252 g/mol. The van der Waals surface area contributed by atoms with Crippen LogP contribution in [0.1, 0.15) is 0 Å². The molecule has 1 N–H and O–H groups in total. The van der Waals surface area contributed by atoms with E-state index in [-0.39, 0.29) is 0 Å². The summed E-state index contributed by atoms with van der Waals surface area (Å²) in [6, 6.07) is 15.5. The van der Waals surface area contributed by atoms with Crippen LogP contribution in [0, 0.1) is 0 Å². The molecule has 0 fully saturated rings. The number of aromatic nitrogens is 4. The van der Waals surface area contributed by atoms with Gasteiger partial charge in [0, 0.05) is 11.1 Å². The van der Waals surface area contributed by atoms with Crippen LogP contribution in [0.5, 0.6) is 0 Å². The second-order valence-electron chi connectivity index (χ2n) is 4.42. The number of rotatable bonds is 2. The van der Waals surface area contributed by atoms with Crippen molar-refractivity contribution in [2.45, 2.75) is 0 Å². The van der Waals surface area contributed by atoms with Crippen LogP contribution in [-0.2, 0) is 0 Å². The maximum absolute atomic E-state index is 5.31. The van der Waals surface area contributed by atoms with Crippen molar-refractivity contribution in [3.05, 3.63) is 54.9 Å². The predicted octanol–water partition coefficient (Wildman–Crippen LogP) is 3.28. The minimum Gasteiger partial charge on any atom is -0.345 e. The van der Waals surface area contributed by atoms with E-state index in [9.17, 15) is 0 Å². The Morgan fingerprint density at radius 3 is 2.75 bits per heavy atom. The molecule has 96 valence electrons. The zero-order valence-corrected chi connectivity index (χ0v) is 10.4. The van der Waals surface area contributed by atoms with Gasteiger partial charge in [0.05, 0.1) is 17.4 Å². The van der Waals surface area contributed by atoms with Crippen molar-refractivity contribution >= 4 is 11.0 Å². The highest BCUT2D eigenvalue weighted by molar-refractivity contribution is 5.80. The van der Waals surface area contributed by atoms with Gasteiger partial charge in [-0.15, -0.1) is 0 Å². The second kappa shape index (κ2) is 4.31. The number of nitrogens with one attached hydrogen (secondary N) is 1. The highest BCUT2D eigenvalue weighted by Crippen LogP contribution is 2.23. The molecule has 5 heteroatoms. The van der Waals surface area contributed by atoms with E-state index >= 15 is 0 Å².